The van der Waals surface area contributed by atoms with Crippen LogP contribution in [0.4, 0.5) is 5.69 Å². The number of methoxy groups -OCH3 is 1. The average Bonchev–Trinajstić information content (AvgIpc) is 2.88. The predicted octanol–water partition coefficient (Wildman–Crippen LogP) is 6.03. The topological polar surface area (TPSA) is 75.0 Å². The van der Waals surface area contributed by atoms with Gasteiger partial charge in [-0.1, -0.05) is 78.5 Å². The highest BCUT2D eigenvalue weighted by molar-refractivity contribution is 8.00. The summed E-state index contributed by atoms with van der Waals surface area (Å²) in [5, 5.41) is 13.4. The summed E-state index contributed by atoms with van der Waals surface area (Å²) in [6.45, 7) is 0. The number of nitriles is 1. The zero-order valence-electron chi connectivity index (χ0n) is 18.0. The molecule has 0 atom stereocenters. The zero-order chi connectivity index (χ0) is 23.0. The summed E-state index contributed by atoms with van der Waals surface area (Å²) < 4.78 is 5.55. The van der Waals surface area contributed by atoms with Gasteiger partial charge in [0.1, 0.15) is 16.8 Å². The molecule has 0 aliphatic rings. The largest absolute Gasteiger partial charge is 0.496 e. The van der Waals surface area contributed by atoms with Crippen molar-refractivity contribution < 1.29 is 9.53 Å². The van der Waals surface area contributed by atoms with Crippen molar-refractivity contribution in [3.05, 3.63) is 96.6 Å². The van der Waals surface area contributed by atoms with E-state index in [9.17, 15) is 10.1 Å². The van der Waals surface area contributed by atoms with Crippen molar-refractivity contribution in [3.8, 4) is 34.2 Å². The highest BCUT2D eigenvalue weighted by atomic mass is 32.2. The van der Waals surface area contributed by atoms with E-state index < -0.39 is 0 Å². The summed E-state index contributed by atoms with van der Waals surface area (Å²) in [6, 6.07) is 30.8. The Kier molecular flexibility index (Phi) is 7.03. The number of carbonyl (C=O) groups is 1. The fraction of sp³-hybridized carbons (Fsp3) is 0.0741. The van der Waals surface area contributed by atoms with Crippen LogP contribution in [0.3, 0.4) is 0 Å². The molecule has 4 rings (SSSR count). The first-order valence-electron chi connectivity index (χ1n) is 10.3. The van der Waals surface area contributed by atoms with Crippen molar-refractivity contribution in [2.75, 3.05) is 18.2 Å². The number of carbonyl (C=O) groups excluding carboxylic acids is 1. The normalized spacial score (nSPS) is 10.3. The maximum absolute atomic E-state index is 12.5. The van der Waals surface area contributed by atoms with Gasteiger partial charge >= 0.3 is 0 Å². The molecule has 6 heteroatoms. The minimum Gasteiger partial charge on any atom is -0.496 e. The second-order valence-corrected chi connectivity index (χ2v) is 8.08. The first-order valence-corrected chi connectivity index (χ1v) is 11.3. The van der Waals surface area contributed by atoms with Gasteiger partial charge in [-0.15, -0.1) is 0 Å². The van der Waals surface area contributed by atoms with E-state index in [1.54, 1.807) is 7.11 Å². The van der Waals surface area contributed by atoms with Gasteiger partial charge in [0, 0.05) is 22.4 Å². The van der Waals surface area contributed by atoms with Gasteiger partial charge in [-0.05, 0) is 24.3 Å². The number of hydrogen-bond donors (Lipinski definition) is 1. The summed E-state index contributed by atoms with van der Waals surface area (Å²) in [6.07, 6.45) is 0. The third kappa shape index (κ3) is 5.22. The Balaban J connectivity index is 1.74. The van der Waals surface area contributed by atoms with E-state index in [4.69, 9.17) is 9.72 Å². The number of thioether (sulfide) groups is 1. The second-order valence-electron chi connectivity index (χ2n) is 7.12. The zero-order valence-corrected chi connectivity index (χ0v) is 18.8. The van der Waals surface area contributed by atoms with Crippen LogP contribution in [0.25, 0.3) is 22.4 Å². The Labute approximate surface area is 197 Å². The number of benzene rings is 3. The lowest BCUT2D eigenvalue weighted by Gasteiger charge is -2.14. The maximum Gasteiger partial charge on any atom is 0.234 e. The van der Waals surface area contributed by atoms with E-state index in [0.717, 1.165) is 28.1 Å². The number of ether oxygens (including phenoxy) is 1. The van der Waals surface area contributed by atoms with E-state index in [1.165, 1.54) is 11.8 Å². The Morgan fingerprint density at radius 2 is 1.64 bits per heavy atom. The van der Waals surface area contributed by atoms with Crippen LogP contribution < -0.4 is 10.1 Å². The van der Waals surface area contributed by atoms with Crippen LogP contribution in [0.5, 0.6) is 5.75 Å². The molecule has 1 amide bonds. The van der Waals surface area contributed by atoms with Crippen molar-refractivity contribution in [1.29, 1.82) is 5.26 Å². The molecule has 0 bridgehead atoms. The van der Waals surface area contributed by atoms with Gasteiger partial charge in [0.25, 0.3) is 0 Å². The monoisotopic (exact) mass is 451 g/mol. The first kappa shape index (κ1) is 22.1. The SMILES string of the molecule is COc1ccccc1-c1cc(-c2ccccc2)nc(SCC(=O)Nc2ccccc2)c1C#N. The standard InChI is InChI=1S/C27H21N3O2S/c1-32-25-15-9-8-14-21(25)22-16-24(19-10-4-2-5-11-19)30-27(23(22)17-28)33-18-26(31)29-20-12-6-3-7-13-20/h2-16H,18H2,1H3,(H,29,31). The van der Waals surface area contributed by atoms with Gasteiger partial charge in [-0.2, -0.15) is 5.26 Å². The molecule has 33 heavy (non-hydrogen) atoms. The quantitative estimate of drug-likeness (QED) is 0.347. The van der Waals surface area contributed by atoms with Crippen molar-refractivity contribution >= 4 is 23.4 Å². The molecule has 0 saturated carbocycles. The maximum atomic E-state index is 12.5. The number of pyridine rings is 1. The number of hydrogen-bond acceptors (Lipinski definition) is 5. The minimum atomic E-state index is -0.166. The molecule has 4 aromatic rings. The highest BCUT2D eigenvalue weighted by Crippen LogP contribution is 2.38. The Morgan fingerprint density at radius 1 is 0.970 bits per heavy atom. The number of nitrogens with one attached hydrogen (secondary N) is 1. The van der Waals surface area contributed by atoms with Crippen molar-refractivity contribution in [2.24, 2.45) is 0 Å². The molecule has 0 saturated heterocycles. The van der Waals surface area contributed by atoms with Crippen LogP contribution >= 0.6 is 11.8 Å². The third-order valence-electron chi connectivity index (χ3n) is 4.96. The molecule has 162 valence electrons. The number of amides is 1. The van der Waals surface area contributed by atoms with Gasteiger partial charge in [-0.3, -0.25) is 4.79 Å². The van der Waals surface area contributed by atoms with E-state index in [0.29, 0.717) is 16.3 Å². The smallest absolute Gasteiger partial charge is 0.234 e. The molecule has 0 spiro atoms. The lowest BCUT2D eigenvalue weighted by molar-refractivity contribution is -0.113. The van der Waals surface area contributed by atoms with Crippen LogP contribution in [0.15, 0.2) is 96.0 Å². The van der Waals surface area contributed by atoms with Crippen molar-refractivity contribution in [3.63, 3.8) is 0 Å². The summed E-state index contributed by atoms with van der Waals surface area (Å²) in [5.74, 6) is 0.623. The van der Waals surface area contributed by atoms with Crippen LogP contribution in [0, 0.1) is 11.3 Å². The summed E-state index contributed by atoms with van der Waals surface area (Å²) >= 11 is 1.24. The predicted molar refractivity (Wildman–Crippen MR) is 132 cm³/mol. The van der Waals surface area contributed by atoms with Crippen molar-refractivity contribution in [1.82, 2.24) is 4.98 Å². The Hall–Kier alpha value is -4.08. The fourth-order valence-corrected chi connectivity index (χ4v) is 4.23. The molecular weight excluding hydrogens is 430 g/mol. The number of rotatable bonds is 7. The second kappa shape index (κ2) is 10.5. The molecular formula is C27H21N3O2S. The Morgan fingerprint density at radius 3 is 2.33 bits per heavy atom. The summed E-state index contributed by atoms with van der Waals surface area (Å²) in [7, 11) is 1.60. The van der Waals surface area contributed by atoms with E-state index in [1.807, 2.05) is 91.0 Å². The number of nitrogens with zero attached hydrogens (tertiary/aromatic N) is 2. The average molecular weight is 452 g/mol. The van der Waals surface area contributed by atoms with Gasteiger partial charge in [0.2, 0.25) is 5.91 Å². The summed E-state index contributed by atoms with van der Waals surface area (Å²) in [5.41, 5.74) is 4.30. The summed E-state index contributed by atoms with van der Waals surface area (Å²) in [4.78, 5) is 17.3. The van der Waals surface area contributed by atoms with Crippen molar-refractivity contribution in [2.45, 2.75) is 5.03 Å². The molecule has 1 N–H and O–H groups in total. The number of aromatic nitrogens is 1. The lowest BCUT2D eigenvalue weighted by atomic mass is 9.98. The van der Waals surface area contributed by atoms with Gasteiger partial charge in [-0.25, -0.2) is 4.98 Å². The molecule has 1 aromatic heterocycles. The van der Waals surface area contributed by atoms with Crippen LogP contribution in [0.1, 0.15) is 5.56 Å². The first-order chi connectivity index (χ1) is 16.2. The molecule has 0 aliphatic carbocycles. The Bertz CT molecular complexity index is 1300. The molecule has 0 unspecified atom stereocenters. The number of para-hydroxylation sites is 2. The fourth-order valence-electron chi connectivity index (χ4n) is 3.42. The number of anilines is 1. The van der Waals surface area contributed by atoms with Crippen LogP contribution in [-0.2, 0) is 4.79 Å². The van der Waals surface area contributed by atoms with Gasteiger partial charge in [0.05, 0.1) is 24.1 Å². The van der Waals surface area contributed by atoms with Gasteiger partial charge in [0.15, 0.2) is 0 Å². The molecule has 1 heterocycles. The van der Waals surface area contributed by atoms with Crippen LogP contribution in [0.2, 0.25) is 0 Å². The van der Waals surface area contributed by atoms with Gasteiger partial charge < -0.3 is 10.1 Å². The highest BCUT2D eigenvalue weighted by Gasteiger charge is 2.19. The third-order valence-corrected chi connectivity index (χ3v) is 5.94. The molecule has 0 radical (unpaired) electrons. The van der Waals surface area contributed by atoms with E-state index in [-0.39, 0.29) is 11.7 Å². The molecule has 0 fully saturated rings. The molecule has 5 nitrogen and oxygen atoms in total. The lowest BCUT2D eigenvalue weighted by Crippen LogP contribution is -2.14. The van der Waals surface area contributed by atoms with E-state index in [2.05, 4.69) is 11.4 Å². The van der Waals surface area contributed by atoms with Crippen LogP contribution in [-0.4, -0.2) is 23.8 Å². The molecule has 3 aromatic carbocycles. The molecule has 0 aliphatic heterocycles. The minimum absolute atomic E-state index is 0.125. The van der Waals surface area contributed by atoms with E-state index >= 15 is 0 Å².